The van der Waals surface area contributed by atoms with Crippen molar-refractivity contribution in [1.29, 1.82) is 0 Å². The van der Waals surface area contributed by atoms with E-state index in [1.165, 1.54) is 0 Å². The number of benzene rings is 1. The summed E-state index contributed by atoms with van der Waals surface area (Å²) in [6, 6.07) is 7.56. The Morgan fingerprint density at radius 3 is 2.45 bits per heavy atom. The summed E-state index contributed by atoms with van der Waals surface area (Å²) < 4.78 is 5.63. The van der Waals surface area contributed by atoms with Crippen LogP contribution in [0.4, 0.5) is 0 Å². The van der Waals surface area contributed by atoms with E-state index in [9.17, 15) is 0 Å². The summed E-state index contributed by atoms with van der Waals surface area (Å²) in [5, 5.41) is 15.0. The van der Waals surface area contributed by atoms with Crippen LogP contribution in [0.15, 0.2) is 29.4 Å². The highest BCUT2D eigenvalue weighted by Gasteiger charge is 2.18. The Labute approximate surface area is 120 Å². The first-order chi connectivity index (χ1) is 9.34. The first-order valence-electron chi connectivity index (χ1n) is 6.78. The minimum atomic E-state index is 0.0946. The van der Waals surface area contributed by atoms with Gasteiger partial charge in [-0.3, -0.25) is 0 Å². The van der Waals surface area contributed by atoms with Crippen molar-refractivity contribution < 1.29 is 9.94 Å². The van der Waals surface area contributed by atoms with Crippen LogP contribution in [0.25, 0.3) is 0 Å². The fraction of sp³-hybridized carbons (Fsp3) is 0.533. The van der Waals surface area contributed by atoms with Gasteiger partial charge in [-0.25, -0.2) is 0 Å². The van der Waals surface area contributed by atoms with E-state index >= 15 is 0 Å². The predicted octanol–water partition coefficient (Wildman–Crippen LogP) is 2.18. The average molecular weight is 279 g/mol. The molecular formula is C15H25N3O2. The minimum Gasteiger partial charge on any atom is -0.492 e. The van der Waals surface area contributed by atoms with Gasteiger partial charge in [-0.2, -0.15) is 0 Å². The highest BCUT2D eigenvalue weighted by atomic mass is 16.5. The molecule has 1 aromatic carbocycles. The van der Waals surface area contributed by atoms with Gasteiger partial charge in [-0.15, -0.1) is 0 Å². The van der Waals surface area contributed by atoms with Crippen molar-refractivity contribution in [2.75, 3.05) is 13.2 Å². The zero-order chi connectivity index (χ0) is 15.2. The van der Waals surface area contributed by atoms with Crippen LogP contribution in [0.3, 0.4) is 0 Å². The lowest BCUT2D eigenvalue weighted by Crippen LogP contribution is -2.39. The molecule has 4 N–H and O–H groups in total. The van der Waals surface area contributed by atoms with Crippen LogP contribution in [-0.4, -0.2) is 30.2 Å². The van der Waals surface area contributed by atoms with Gasteiger partial charge in [0, 0.05) is 18.2 Å². The zero-order valence-corrected chi connectivity index (χ0v) is 12.7. The van der Waals surface area contributed by atoms with Crippen LogP contribution in [-0.2, 0) is 0 Å². The second-order valence-corrected chi connectivity index (χ2v) is 5.90. The van der Waals surface area contributed by atoms with Crippen molar-refractivity contribution in [3.8, 4) is 5.75 Å². The maximum atomic E-state index is 8.57. The number of nitrogens with two attached hydrogens (primary N) is 1. The summed E-state index contributed by atoms with van der Waals surface area (Å²) in [5.41, 5.74) is 6.39. The lowest BCUT2D eigenvalue weighted by atomic mass is 9.88. The summed E-state index contributed by atoms with van der Waals surface area (Å²) in [5.74, 6) is 0.863. The van der Waals surface area contributed by atoms with Crippen LogP contribution in [0.2, 0.25) is 0 Å². The molecular weight excluding hydrogens is 254 g/mol. The van der Waals surface area contributed by atoms with Crippen molar-refractivity contribution in [2.45, 2.75) is 33.7 Å². The number of nitrogens with one attached hydrogen (secondary N) is 1. The van der Waals surface area contributed by atoms with Crippen LogP contribution in [0, 0.1) is 5.41 Å². The molecule has 1 rings (SSSR count). The fourth-order valence-corrected chi connectivity index (χ4v) is 1.53. The van der Waals surface area contributed by atoms with Crippen LogP contribution >= 0.6 is 0 Å². The first kappa shape index (κ1) is 16.3. The third kappa shape index (κ3) is 5.09. The molecule has 0 amide bonds. The van der Waals surface area contributed by atoms with Crippen LogP contribution in [0.5, 0.6) is 5.75 Å². The van der Waals surface area contributed by atoms with Gasteiger partial charge in [-0.05, 0) is 36.6 Å². The van der Waals surface area contributed by atoms with E-state index in [1.807, 2.05) is 0 Å². The Bertz CT molecular complexity index is 435. The topological polar surface area (TPSA) is 79.9 Å². The molecule has 0 bridgehead atoms. The van der Waals surface area contributed by atoms with Gasteiger partial charge in [0.2, 0.25) is 0 Å². The number of amidine groups is 1. The minimum absolute atomic E-state index is 0.0946. The van der Waals surface area contributed by atoms with Gasteiger partial charge in [0.15, 0.2) is 5.84 Å². The summed E-state index contributed by atoms with van der Waals surface area (Å²) in [4.78, 5) is 0. The molecule has 0 aromatic heterocycles. The Morgan fingerprint density at radius 2 is 1.95 bits per heavy atom. The molecule has 0 saturated carbocycles. The van der Waals surface area contributed by atoms with Crippen molar-refractivity contribution >= 4 is 5.84 Å². The summed E-state index contributed by atoms with van der Waals surface area (Å²) in [6.07, 6.45) is 0. The van der Waals surface area contributed by atoms with Crippen molar-refractivity contribution in [3.63, 3.8) is 0 Å². The fourth-order valence-electron chi connectivity index (χ4n) is 1.53. The lowest BCUT2D eigenvalue weighted by Gasteiger charge is -2.28. The molecule has 5 heteroatoms. The number of nitrogens with zero attached hydrogens (tertiary/aromatic N) is 1. The van der Waals surface area contributed by atoms with Crippen LogP contribution < -0.4 is 15.8 Å². The molecule has 0 saturated heterocycles. The molecule has 0 spiro atoms. The number of ether oxygens (including phenoxy) is 1. The summed E-state index contributed by atoms with van der Waals surface area (Å²) >= 11 is 0. The maximum Gasteiger partial charge on any atom is 0.170 e. The monoisotopic (exact) mass is 279 g/mol. The number of rotatable bonds is 6. The number of oxime groups is 1. The van der Waals surface area contributed by atoms with Gasteiger partial charge in [0.25, 0.3) is 0 Å². The Kier molecular flexibility index (Phi) is 5.82. The van der Waals surface area contributed by atoms with E-state index in [2.05, 4.69) is 38.2 Å². The molecule has 0 fully saturated rings. The van der Waals surface area contributed by atoms with Crippen LogP contribution in [0.1, 0.15) is 33.3 Å². The molecule has 1 atom stereocenters. The summed E-state index contributed by atoms with van der Waals surface area (Å²) in [6.45, 7) is 10.2. The normalized spacial score (nSPS) is 14.1. The maximum absolute atomic E-state index is 8.57. The molecule has 0 heterocycles. The van der Waals surface area contributed by atoms with Crippen molar-refractivity contribution in [1.82, 2.24) is 5.32 Å². The second kappa shape index (κ2) is 7.14. The van der Waals surface area contributed by atoms with Crippen molar-refractivity contribution in [3.05, 3.63) is 29.8 Å². The average Bonchev–Trinajstić information content (AvgIpc) is 2.42. The van der Waals surface area contributed by atoms with E-state index in [0.717, 1.165) is 12.3 Å². The Morgan fingerprint density at radius 1 is 1.35 bits per heavy atom. The molecule has 5 nitrogen and oxygen atoms in total. The number of hydrogen-bond acceptors (Lipinski definition) is 4. The molecule has 0 radical (unpaired) electrons. The van der Waals surface area contributed by atoms with E-state index in [0.29, 0.717) is 18.2 Å². The van der Waals surface area contributed by atoms with E-state index in [-0.39, 0.29) is 11.3 Å². The quantitative estimate of drug-likeness (QED) is 0.245. The molecule has 20 heavy (non-hydrogen) atoms. The lowest BCUT2D eigenvalue weighted by molar-refractivity contribution is 0.254. The SMILES string of the molecule is CC(NCCOc1ccc(/C(N)=N/O)cc1)C(C)(C)C. The van der Waals surface area contributed by atoms with Gasteiger partial charge < -0.3 is 21.0 Å². The zero-order valence-electron chi connectivity index (χ0n) is 12.7. The van der Waals surface area contributed by atoms with Gasteiger partial charge >= 0.3 is 0 Å². The molecule has 0 aliphatic carbocycles. The third-order valence-corrected chi connectivity index (χ3v) is 3.38. The largest absolute Gasteiger partial charge is 0.492 e. The number of hydrogen-bond donors (Lipinski definition) is 3. The first-order valence-corrected chi connectivity index (χ1v) is 6.78. The highest BCUT2D eigenvalue weighted by molar-refractivity contribution is 5.97. The molecule has 0 aliphatic rings. The van der Waals surface area contributed by atoms with E-state index in [1.54, 1.807) is 24.3 Å². The van der Waals surface area contributed by atoms with E-state index in [4.69, 9.17) is 15.7 Å². The molecule has 1 aromatic rings. The Balaban J connectivity index is 2.36. The predicted molar refractivity (Wildman–Crippen MR) is 81.4 cm³/mol. The smallest absolute Gasteiger partial charge is 0.170 e. The third-order valence-electron chi connectivity index (χ3n) is 3.38. The van der Waals surface area contributed by atoms with Gasteiger partial charge in [0.05, 0.1) is 0 Å². The van der Waals surface area contributed by atoms with Gasteiger partial charge in [0.1, 0.15) is 12.4 Å². The highest BCUT2D eigenvalue weighted by Crippen LogP contribution is 2.18. The van der Waals surface area contributed by atoms with Gasteiger partial charge in [-0.1, -0.05) is 25.9 Å². The Hall–Kier alpha value is -1.75. The molecule has 1 unspecified atom stereocenters. The molecule has 0 aliphatic heterocycles. The van der Waals surface area contributed by atoms with E-state index < -0.39 is 0 Å². The standard InChI is InChI=1S/C15H25N3O2/c1-11(15(2,3)4)17-9-10-20-13-7-5-12(6-8-13)14(16)18-19/h5-8,11,17,19H,9-10H2,1-4H3,(H2,16,18). The van der Waals surface area contributed by atoms with Crippen molar-refractivity contribution in [2.24, 2.45) is 16.3 Å². The summed E-state index contributed by atoms with van der Waals surface area (Å²) in [7, 11) is 0. The second-order valence-electron chi connectivity index (χ2n) is 5.90. The molecule has 112 valence electrons.